The van der Waals surface area contributed by atoms with Crippen molar-refractivity contribution < 1.29 is 14.3 Å². The van der Waals surface area contributed by atoms with Crippen molar-refractivity contribution >= 4 is 11.8 Å². The molecule has 1 aliphatic heterocycles. The lowest BCUT2D eigenvalue weighted by Crippen LogP contribution is -2.52. The fourth-order valence-corrected chi connectivity index (χ4v) is 2.51. The molecule has 1 fully saturated rings. The largest absolute Gasteiger partial charge is 0.382 e. The number of morpholine rings is 1. The summed E-state index contributed by atoms with van der Waals surface area (Å²) in [5.41, 5.74) is 0.829. The molecule has 1 saturated heterocycles. The number of methoxy groups -OCH3 is 1. The monoisotopic (exact) mass is 317 g/mol. The Hall–Kier alpha value is -2.45. The first-order valence-electron chi connectivity index (χ1n) is 7.40. The Morgan fingerprint density at radius 2 is 2.26 bits per heavy atom. The average molecular weight is 317 g/mol. The molecule has 2 aromatic rings. The van der Waals surface area contributed by atoms with Crippen LogP contribution >= 0.6 is 0 Å². The number of urea groups is 1. The van der Waals surface area contributed by atoms with Gasteiger partial charge in [-0.3, -0.25) is 5.32 Å². The van der Waals surface area contributed by atoms with E-state index in [0.29, 0.717) is 32.2 Å². The maximum Gasteiger partial charge on any atom is 0.323 e. The second kappa shape index (κ2) is 7.21. The van der Waals surface area contributed by atoms with E-state index in [1.165, 1.54) is 6.20 Å². The minimum atomic E-state index is -0.213. The number of hydrogen-bond acceptors (Lipinski definition) is 5. The molecule has 8 nitrogen and oxygen atoms in total. The third-order valence-electron chi connectivity index (χ3n) is 3.63. The quantitative estimate of drug-likeness (QED) is 0.915. The van der Waals surface area contributed by atoms with Gasteiger partial charge in [0.15, 0.2) is 5.82 Å². The van der Waals surface area contributed by atoms with E-state index in [4.69, 9.17) is 9.47 Å². The smallest absolute Gasteiger partial charge is 0.323 e. The third kappa shape index (κ3) is 3.49. The van der Waals surface area contributed by atoms with Gasteiger partial charge in [0.05, 0.1) is 37.7 Å². The second-order valence-electron chi connectivity index (χ2n) is 5.17. The van der Waals surface area contributed by atoms with Gasteiger partial charge in [-0.05, 0) is 12.1 Å². The van der Waals surface area contributed by atoms with E-state index >= 15 is 0 Å². The van der Waals surface area contributed by atoms with Crippen molar-refractivity contribution in [2.24, 2.45) is 0 Å². The maximum atomic E-state index is 12.6. The number of hydrogen-bond donors (Lipinski definition) is 1. The van der Waals surface area contributed by atoms with Crippen molar-refractivity contribution in [3.63, 3.8) is 0 Å². The Kier molecular flexibility index (Phi) is 4.84. The molecule has 2 heterocycles. The van der Waals surface area contributed by atoms with Crippen LogP contribution in [0.2, 0.25) is 0 Å². The molecule has 3 rings (SSSR count). The molecule has 0 spiro atoms. The van der Waals surface area contributed by atoms with Gasteiger partial charge >= 0.3 is 6.03 Å². The lowest BCUT2D eigenvalue weighted by molar-refractivity contribution is -0.0133. The minimum absolute atomic E-state index is 0.102. The predicted octanol–water partition coefficient (Wildman–Crippen LogP) is 1.15. The zero-order chi connectivity index (χ0) is 16.1. The summed E-state index contributed by atoms with van der Waals surface area (Å²) < 4.78 is 12.2. The molecule has 0 saturated carbocycles. The highest BCUT2D eigenvalue weighted by Crippen LogP contribution is 2.15. The molecule has 1 atom stereocenters. The SMILES string of the molecule is COCC1COCCN1C(=O)Nc1cnnn1-c1ccccc1. The summed E-state index contributed by atoms with van der Waals surface area (Å²) in [5.74, 6) is 0.517. The first kappa shape index (κ1) is 15.4. The van der Waals surface area contributed by atoms with Crippen molar-refractivity contribution in [1.82, 2.24) is 19.9 Å². The summed E-state index contributed by atoms with van der Waals surface area (Å²) in [5, 5.41) is 10.8. The molecule has 0 radical (unpaired) electrons. The van der Waals surface area contributed by atoms with Gasteiger partial charge in [0.2, 0.25) is 0 Å². The molecule has 1 aromatic heterocycles. The number of ether oxygens (including phenoxy) is 2. The van der Waals surface area contributed by atoms with E-state index in [9.17, 15) is 4.79 Å². The summed E-state index contributed by atoms with van der Waals surface area (Å²) in [7, 11) is 1.61. The highest BCUT2D eigenvalue weighted by molar-refractivity contribution is 5.88. The predicted molar refractivity (Wildman–Crippen MR) is 83.6 cm³/mol. The lowest BCUT2D eigenvalue weighted by atomic mass is 10.2. The molecule has 1 N–H and O–H groups in total. The zero-order valence-electron chi connectivity index (χ0n) is 12.9. The summed E-state index contributed by atoms with van der Waals surface area (Å²) in [4.78, 5) is 14.3. The van der Waals surface area contributed by atoms with Gasteiger partial charge in [-0.2, -0.15) is 4.68 Å². The van der Waals surface area contributed by atoms with Gasteiger partial charge in [0.1, 0.15) is 0 Å². The molecule has 122 valence electrons. The zero-order valence-corrected chi connectivity index (χ0v) is 12.9. The highest BCUT2D eigenvalue weighted by atomic mass is 16.5. The molecule has 2 amide bonds. The Morgan fingerprint density at radius 3 is 3.04 bits per heavy atom. The molecule has 1 unspecified atom stereocenters. The van der Waals surface area contributed by atoms with E-state index in [-0.39, 0.29) is 12.1 Å². The van der Waals surface area contributed by atoms with Crippen molar-refractivity contribution in [1.29, 1.82) is 0 Å². The Bertz CT molecular complexity index is 644. The fourth-order valence-electron chi connectivity index (χ4n) is 2.51. The highest BCUT2D eigenvalue weighted by Gasteiger charge is 2.28. The Morgan fingerprint density at radius 1 is 1.43 bits per heavy atom. The number of carbonyl (C=O) groups is 1. The van der Waals surface area contributed by atoms with Gasteiger partial charge in [-0.1, -0.05) is 23.4 Å². The molecule has 1 aromatic carbocycles. The van der Waals surface area contributed by atoms with E-state index < -0.39 is 0 Å². The number of amides is 2. The second-order valence-corrected chi connectivity index (χ2v) is 5.17. The molecular formula is C15H19N5O3. The summed E-state index contributed by atoms with van der Waals surface area (Å²) >= 11 is 0. The number of nitrogens with one attached hydrogen (secondary N) is 1. The van der Waals surface area contributed by atoms with Crippen LogP contribution in [0.5, 0.6) is 0 Å². The van der Waals surface area contributed by atoms with Gasteiger partial charge in [-0.25, -0.2) is 4.79 Å². The number of para-hydroxylation sites is 1. The van der Waals surface area contributed by atoms with Crippen LogP contribution < -0.4 is 5.32 Å². The van der Waals surface area contributed by atoms with Crippen LogP contribution in [0.15, 0.2) is 36.5 Å². The van der Waals surface area contributed by atoms with E-state index in [2.05, 4.69) is 15.6 Å². The van der Waals surface area contributed by atoms with Crippen LogP contribution in [-0.4, -0.2) is 65.4 Å². The number of rotatable bonds is 4. The van der Waals surface area contributed by atoms with Crippen molar-refractivity contribution in [3.05, 3.63) is 36.5 Å². The topological polar surface area (TPSA) is 81.5 Å². The van der Waals surface area contributed by atoms with Crippen LogP contribution in [0, 0.1) is 0 Å². The van der Waals surface area contributed by atoms with Crippen molar-refractivity contribution in [2.45, 2.75) is 6.04 Å². The fraction of sp³-hybridized carbons (Fsp3) is 0.400. The van der Waals surface area contributed by atoms with Crippen LogP contribution in [0.1, 0.15) is 0 Å². The van der Waals surface area contributed by atoms with Crippen molar-refractivity contribution in [2.75, 3.05) is 38.8 Å². The van der Waals surface area contributed by atoms with E-state index in [0.717, 1.165) is 5.69 Å². The van der Waals surface area contributed by atoms with Crippen LogP contribution in [0.4, 0.5) is 10.6 Å². The molecule has 0 aliphatic carbocycles. The maximum absolute atomic E-state index is 12.6. The normalized spacial score (nSPS) is 18.0. The van der Waals surface area contributed by atoms with Crippen LogP contribution in [0.3, 0.4) is 0 Å². The van der Waals surface area contributed by atoms with Crippen LogP contribution in [-0.2, 0) is 9.47 Å². The first-order chi connectivity index (χ1) is 11.3. The summed E-state index contributed by atoms with van der Waals surface area (Å²) in [6.45, 7) is 1.94. The first-order valence-corrected chi connectivity index (χ1v) is 7.40. The molecule has 23 heavy (non-hydrogen) atoms. The number of aromatic nitrogens is 3. The molecule has 0 bridgehead atoms. The lowest BCUT2D eigenvalue weighted by Gasteiger charge is -2.34. The number of benzene rings is 1. The summed E-state index contributed by atoms with van der Waals surface area (Å²) in [6.07, 6.45) is 1.52. The van der Waals surface area contributed by atoms with Gasteiger partial charge < -0.3 is 14.4 Å². The Balaban J connectivity index is 1.74. The number of nitrogens with zero attached hydrogens (tertiary/aromatic N) is 4. The van der Waals surface area contributed by atoms with Gasteiger partial charge in [0, 0.05) is 13.7 Å². The average Bonchev–Trinajstić information content (AvgIpc) is 3.04. The standard InChI is InChI=1S/C15H19N5O3/c1-22-10-13-11-23-8-7-19(13)15(21)17-14-9-16-18-20(14)12-5-3-2-4-6-12/h2-6,9,13H,7-8,10-11H2,1H3,(H,17,21). The van der Waals surface area contributed by atoms with Gasteiger partial charge in [-0.15, -0.1) is 5.10 Å². The third-order valence-corrected chi connectivity index (χ3v) is 3.63. The van der Waals surface area contributed by atoms with E-state index in [1.54, 1.807) is 16.7 Å². The van der Waals surface area contributed by atoms with Crippen LogP contribution in [0.25, 0.3) is 5.69 Å². The molecule has 1 aliphatic rings. The number of carbonyl (C=O) groups excluding carboxylic acids is 1. The Labute approximate surface area is 134 Å². The molecular weight excluding hydrogens is 298 g/mol. The minimum Gasteiger partial charge on any atom is -0.382 e. The van der Waals surface area contributed by atoms with Crippen molar-refractivity contribution in [3.8, 4) is 5.69 Å². The number of anilines is 1. The summed E-state index contributed by atoms with van der Waals surface area (Å²) in [6, 6.07) is 9.20. The van der Waals surface area contributed by atoms with E-state index in [1.807, 2.05) is 30.3 Å². The van der Waals surface area contributed by atoms with Gasteiger partial charge in [0.25, 0.3) is 0 Å². The molecule has 8 heteroatoms.